The van der Waals surface area contributed by atoms with Gasteiger partial charge in [0.2, 0.25) is 0 Å². The van der Waals surface area contributed by atoms with Gasteiger partial charge in [0.15, 0.2) is 6.73 Å². The van der Waals surface area contributed by atoms with Crippen LogP contribution >= 0.6 is 0 Å². The van der Waals surface area contributed by atoms with Crippen LogP contribution in [-0.2, 0) is 0 Å². The van der Waals surface area contributed by atoms with Crippen molar-refractivity contribution in [3.05, 3.63) is 29.8 Å². The molecular weight excluding hydrogens is 290 g/mol. The Balaban J connectivity index is 1.77. The van der Waals surface area contributed by atoms with E-state index >= 15 is 0 Å². The first kappa shape index (κ1) is 17.6. The van der Waals surface area contributed by atoms with Crippen LogP contribution in [0, 0.1) is 6.92 Å². The largest absolute Gasteiger partial charge is 0.473 e. The molecule has 3 N–H and O–H groups in total. The van der Waals surface area contributed by atoms with Gasteiger partial charge in [-0.05, 0) is 59.6 Å². The van der Waals surface area contributed by atoms with Crippen molar-refractivity contribution in [3.8, 4) is 5.75 Å². The highest BCUT2D eigenvalue weighted by atomic mass is 16.5. The Labute approximate surface area is 139 Å². The monoisotopic (exact) mass is 319 g/mol. The van der Waals surface area contributed by atoms with Crippen molar-refractivity contribution in [1.82, 2.24) is 16.0 Å². The number of benzene rings is 1. The van der Waals surface area contributed by atoms with E-state index in [2.05, 4.69) is 43.6 Å². The Morgan fingerprint density at radius 3 is 2.30 bits per heavy atom. The van der Waals surface area contributed by atoms with Crippen LogP contribution in [0.25, 0.3) is 0 Å². The molecule has 5 heteroatoms. The first-order chi connectivity index (χ1) is 10.7. The summed E-state index contributed by atoms with van der Waals surface area (Å²) in [4.78, 5) is 12.1. The molecule has 1 heterocycles. The van der Waals surface area contributed by atoms with Crippen molar-refractivity contribution in [2.24, 2.45) is 0 Å². The number of hydrogen-bond donors (Lipinski definition) is 3. The Kier molecular flexibility index (Phi) is 5.19. The van der Waals surface area contributed by atoms with E-state index in [1.54, 1.807) is 0 Å². The van der Waals surface area contributed by atoms with E-state index in [1.165, 1.54) is 5.56 Å². The number of nitrogens with one attached hydrogen (secondary N) is 3. The molecule has 1 fully saturated rings. The van der Waals surface area contributed by atoms with E-state index in [4.69, 9.17) is 4.74 Å². The number of ether oxygens (including phenoxy) is 1. The van der Waals surface area contributed by atoms with Crippen molar-refractivity contribution in [2.45, 2.75) is 64.6 Å². The molecular formula is C18H29N3O2. The lowest BCUT2D eigenvalue weighted by Gasteiger charge is -2.46. The second kappa shape index (κ2) is 6.79. The predicted molar refractivity (Wildman–Crippen MR) is 92.7 cm³/mol. The van der Waals surface area contributed by atoms with Gasteiger partial charge in [0.25, 0.3) is 0 Å². The van der Waals surface area contributed by atoms with Crippen molar-refractivity contribution in [3.63, 3.8) is 0 Å². The highest BCUT2D eigenvalue weighted by Gasteiger charge is 2.38. The molecule has 1 aromatic carbocycles. The summed E-state index contributed by atoms with van der Waals surface area (Å²) in [7, 11) is 0. The fraction of sp³-hybridized carbons (Fsp3) is 0.611. The predicted octanol–water partition coefficient (Wildman–Crippen LogP) is 2.94. The number of aryl methyl sites for hydroxylation is 1. The molecule has 1 aromatic rings. The number of hydrogen-bond acceptors (Lipinski definition) is 3. The van der Waals surface area contributed by atoms with E-state index in [-0.39, 0.29) is 29.9 Å². The minimum Gasteiger partial charge on any atom is -0.473 e. The minimum absolute atomic E-state index is 0.0120. The van der Waals surface area contributed by atoms with Crippen LogP contribution in [0.15, 0.2) is 24.3 Å². The summed E-state index contributed by atoms with van der Waals surface area (Å²) in [6, 6.07) is 7.72. The molecule has 0 unspecified atom stereocenters. The number of rotatable bonds is 4. The standard InChI is InChI=1S/C18H29N3O2/c1-13-6-8-15(9-7-13)23-12-19-16(22)20-14-10-17(2,3)21-18(4,5)11-14/h6-9,14,21H,10-12H2,1-5H3,(H2,19,20,22). The molecule has 5 nitrogen and oxygen atoms in total. The molecule has 0 atom stereocenters. The average Bonchev–Trinajstić information content (AvgIpc) is 2.37. The van der Waals surface area contributed by atoms with Gasteiger partial charge in [-0.3, -0.25) is 0 Å². The second-order valence-corrected chi connectivity index (χ2v) is 7.75. The van der Waals surface area contributed by atoms with E-state index < -0.39 is 0 Å². The van der Waals surface area contributed by atoms with Crippen LogP contribution < -0.4 is 20.7 Å². The van der Waals surface area contributed by atoms with Gasteiger partial charge in [-0.15, -0.1) is 0 Å². The van der Waals surface area contributed by atoms with Gasteiger partial charge >= 0.3 is 6.03 Å². The van der Waals surface area contributed by atoms with Gasteiger partial charge in [0.05, 0.1) is 0 Å². The maximum atomic E-state index is 12.1. The number of urea groups is 1. The Morgan fingerprint density at radius 2 is 1.74 bits per heavy atom. The summed E-state index contributed by atoms with van der Waals surface area (Å²) < 4.78 is 5.52. The normalized spacial score (nSPS) is 19.9. The van der Waals surface area contributed by atoms with E-state index in [0.29, 0.717) is 0 Å². The van der Waals surface area contributed by atoms with Crippen LogP contribution in [0.1, 0.15) is 46.1 Å². The van der Waals surface area contributed by atoms with Gasteiger partial charge in [-0.1, -0.05) is 17.7 Å². The number of carbonyl (C=O) groups is 1. The van der Waals surface area contributed by atoms with Crippen LogP contribution in [-0.4, -0.2) is 29.9 Å². The SMILES string of the molecule is Cc1ccc(OCNC(=O)NC2CC(C)(C)NC(C)(C)C2)cc1. The zero-order chi connectivity index (χ0) is 17.1. The van der Waals surface area contributed by atoms with Gasteiger partial charge in [0.1, 0.15) is 5.75 Å². The van der Waals surface area contributed by atoms with E-state index in [0.717, 1.165) is 18.6 Å². The molecule has 1 saturated heterocycles. The molecule has 0 spiro atoms. The summed E-state index contributed by atoms with van der Waals surface area (Å²) in [6.07, 6.45) is 1.81. The number of carbonyl (C=O) groups excluding carboxylic acids is 1. The third-order valence-electron chi connectivity index (χ3n) is 4.02. The average molecular weight is 319 g/mol. The van der Waals surface area contributed by atoms with Crippen LogP contribution in [0.3, 0.4) is 0 Å². The van der Waals surface area contributed by atoms with Crippen LogP contribution in [0.5, 0.6) is 5.75 Å². The highest BCUT2D eigenvalue weighted by Crippen LogP contribution is 2.28. The lowest BCUT2D eigenvalue weighted by atomic mass is 9.80. The molecule has 23 heavy (non-hydrogen) atoms. The summed E-state index contributed by atoms with van der Waals surface area (Å²) in [6.45, 7) is 10.9. The number of piperidine rings is 1. The zero-order valence-electron chi connectivity index (χ0n) is 14.8. The molecule has 0 bridgehead atoms. The molecule has 1 aliphatic heterocycles. The smallest absolute Gasteiger partial charge is 0.317 e. The molecule has 0 aromatic heterocycles. The fourth-order valence-corrected chi connectivity index (χ4v) is 3.48. The molecule has 1 aliphatic rings. The third-order valence-corrected chi connectivity index (χ3v) is 4.02. The minimum atomic E-state index is -0.185. The molecule has 0 aliphatic carbocycles. The van der Waals surface area contributed by atoms with E-state index in [9.17, 15) is 4.79 Å². The Hall–Kier alpha value is -1.75. The molecule has 2 amide bonds. The van der Waals surface area contributed by atoms with Gasteiger partial charge in [0, 0.05) is 17.1 Å². The second-order valence-electron chi connectivity index (χ2n) is 7.75. The quantitative estimate of drug-likeness (QED) is 0.748. The zero-order valence-corrected chi connectivity index (χ0v) is 14.8. The van der Waals surface area contributed by atoms with E-state index in [1.807, 2.05) is 31.2 Å². The van der Waals surface area contributed by atoms with Crippen molar-refractivity contribution in [2.75, 3.05) is 6.73 Å². The first-order valence-electron chi connectivity index (χ1n) is 8.18. The summed E-state index contributed by atoms with van der Waals surface area (Å²) in [5, 5.41) is 9.42. The summed E-state index contributed by atoms with van der Waals surface area (Å²) >= 11 is 0. The Bertz CT molecular complexity index is 522. The van der Waals surface area contributed by atoms with Crippen molar-refractivity contribution >= 4 is 6.03 Å². The first-order valence-corrected chi connectivity index (χ1v) is 8.18. The van der Waals surface area contributed by atoms with Crippen molar-refractivity contribution in [1.29, 1.82) is 0 Å². The molecule has 0 saturated carbocycles. The summed E-state index contributed by atoms with van der Waals surface area (Å²) in [5.41, 5.74) is 1.20. The summed E-state index contributed by atoms with van der Waals surface area (Å²) in [5.74, 6) is 0.750. The van der Waals surface area contributed by atoms with Gasteiger partial charge < -0.3 is 20.7 Å². The van der Waals surface area contributed by atoms with Gasteiger partial charge in [-0.2, -0.15) is 0 Å². The molecule has 0 radical (unpaired) electrons. The third kappa shape index (κ3) is 5.75. The lowest BCUT2D eigenvalue weighted by molar-refractivity contribution is 0.146. The maximum absolute atomic E-state index is 12.1. The lowest BCUT2D eigenvalue weighted by Crippen LogP contribution is -2.62. The van der Waals surface area contributed by atoms with Gasteiger partial charge in [-0.25, -0.2) is 4.79 Å². The molecule has 128 valence electrons. The van der Waals surface area contributed by atoms with Crippen LogP contribution in [0.2, 0.25) is 0 Å². The van der Waals surface area contributed by atoms with Crippen molar-refractivity contribution < 1.29 is 9.53 Å². The topological polar surface area (TPSA) is 62.4 Å². The maximum Gasteiger partial charge on any atom is 0.317 e. The number of amides is 2. The molecule has 2 rings (SSSR count). The fourth-order valence-electron chi connectivity index (χ4n) is 3.48. The Morgan fingerprint density at radius 1 is 1.17 bits per heavy atom. The van der Waals surface area contributed by atoms with Crippen LogP contribution in [0.4, 0.5) is 4.79 Å². The highest BCUT2D eigenvalue weighted by molar-refractivity contribution is 5.74.